The number of hydrogen-bond donors (Lipinski definition) is 1. The predicted octanol–water partition coefficient (Wildman–Crippen LogP) is 1.43. The third-order valence-corrected chi connectivity index (χ3v) is 2.33. The zero-order valence-corrected chi connectivity index (χ0v) is 10.6. The molecule has 0 aliphatic rings. The lowest BCUT2D eigenvalue weighted by atomic mass is 10.2. The minimum atomic E-state index is -0.580. The fourth-order valence-corrected chi connectivity index (χ4v) is 1.50. The van der Waals surface area contributed by atoms with Crippen LogP contribution in [-0.4, -0.2) is 21.4 Å². The van der Waals surface area contributed by atoms with Gasteiger partial charge in [-0.1, -0.05) is 0 Å². The third-order valence-electron chi connectivity index (χ3n) is 1.59. The number of aromatic amines is 1. The second kappa shape index (κ2) is 3.84. The Bertz CT molecular complexity index is 439. The highest BCUT2D eigenvalue weighted by Crippen LogP contribution is 2.15. The van der Waals surface area contributed by atoms with Crippen molar-refractivity contribution in [2.45, 2.75) is 26.4 Å². The zero-order valence-electron chi connectivity index (χ0n) is 9.05. The number of carbonyl (C=O) groups excluding carboxylic acids is 1. The summed E-state index contributed by atoms with van der Waals surface area (Å²) in [6, 6.07) is 0. The van der Waals surface area contributed by atoms with Crippen molar-refractivity contribution in [1.82, 2.24) is 9.78 Å². The summed E-state index contributed by atoms with van der Waals surface area (Å²) < 4.78 is 6.53. The zero-order chi connectivity index (χ0) is 11.8. The monoisotopic (exact) mass is 276 g/mol. The number of nitrogens with zero attached hydrogens (tertiary/aromatic N) is 1. The molecule has 5 nitrogen and oxygen atoms in total. The number of rotatable bonds is 1. The molecule has 0 aliphatic carbocycles. The van der Waals surface area contributed by atoms with E-state index >= 15 is 0 Å². The van der Waals surface area contributed by atoms with Crippen LogP contribution in [0, 0.1) is 0 Å². The number of aromatic nitrogens is 2. The molecule has 0 saturated carbocycles. The van der Waals surface area contributed by atoms with E-state index in [-0.39, 0.29) is 15.7 Å². The molecule has 0 unspecified atom stereocenters. The molecule has 6 heteroatoms. The number of nitrogens with one attached hydrogen (secondary N) is 1. The molecule has 0 saturated heterocycles. The lowest BCUT2D eigenvalue weighted by Gasteiger charge is -2.18. The highest BCUT2D eigenvalue weighted by atomic mass is 79.9. The van der Waals surface area contributed by atoms with E-state index < -0.39 is 11.6 Å². The van der Waals surface area contributed by atoms with Gasteiger partial charge >= 0.3 is 5.97 Å². The van der Waals surface area contributed by atoms with E-state index in [1.165, 1.54) is 11.7 Å². The molecule has 84 valence electrons. The minimum Gasteiger partial charge on any atom is -0.455 e. The number of esters is 1. The van der Waals surface area contributed by atoms with E-state index in [9.17, 15) is 9.59 Å². The van der Waals surface area contributed by atoms with Gasteiger partial charge in [0.25, 0.3) is 5.56 Å². The molecular weight excluding hydrogens is 264 g/mol. The van der Waals surface area contributed by atoms with Gasteiger partial charge in [-0.3, -0.25) is 14.6 Å². The smallest absolute Gasteiger partial charge is 0.358 e. The van der Waals surface area contributed by atoms with E-state index in [0.717, 1.165) is 0 Å². The first-order valence-corrected chi connectivity index (χ1v) is 5.19. The number of halogens is 1. The van der Waals surface area contributed by atoms with Crippen molar-refractivity contribution in [3.63, 3.8) is 0 Å². The molecule has 1 aromatic heterocycles. The third kappa shape index (κ3) is 2.71. The Morgan fingerprint density at radius 1 is 1.47 bits per heavy atom. The molecule has 1 aromatic rings. The van der Waals surface area contributed by atoms with Crippen LogP contribution in [0.1, 0.15) is 31.3 Å². The number of hydrogen-bond acceptors (Lipinski definition) is 3. The van der Waals surface area contributed by atoms with Crippen molar-refractivity contribution in [2.24, 2.45) is 7.05 Å². The second-order valence-corrected chi connectivity index (χ2v) is 4.96. The van der Waals surface area contributed by atoms with Gasteiger partial charge in [0.1, 0.15) is 10.1 Å². The highest BCUT2D eigenvalue weighted by Gasteiger charge is 2.23. The van der Waals surface area contributed by atoms with Crippen molar-refractivity contribution in [2.75, 3.05) is 0 Å². The van der Waals surface area contributed by atoms with Crippen molar-refractivity contribution >= 4 is 21.9 Å². The number of aryl methyl sites for hydroxylation is 1. The normalized spacial score (nSPS) is 11.5. The van der Waals surface area contributed by atoms with Gasteiger partial charge in [-0.15, -0.1) is 0 Å². The Balaban J connectivity index is 3.03. The van der Waals surface area contributed by atoms with Crippen LogP contribution in [0.15, 0.2) is 9.27 Å². The SMILES string of the molecule is Cn1[nH]c(C(=O)OC(C)(C)C)c(Br)c1=O. The molecule has 0 fully saturated rings. The first-order valence-electron chi connectivity index (χ1n) is 4.40. The second-order valence-electron chi connectivity index (χ2n) is 4.17. The standard InChI is InChI=1S/C9H13BrN2O3/c1-9(2,3)15-8(14)6-5(10)7(13)12(4)11-6/h11H,1-4H3. The summed E-state index contributed by atoms with van der Waals surface area (Å²) in [5.74, 6) is -0.549. The van der Waals surface area contributed by atoms with Crippen LogP contribution in [0.25, 0.3) is 0 Å². The van der Waals surface area contributed by atoms with Gasteiger partial charge in [-0.2, -0.15) is 0 Å². The minimum absolute atomic E-state index is 0.137. The Hall–Kier alpha value is -1.04. The van der Waals surface area contributed by atoms with Crippen molar-refractivity contribution in [3.05, 3.63) is 20.5 Å². The van der Waals surface area contributed by atoms with E-state index in [2.05, 4.69) is 21.0 Å². The Kier molecular flexibility index (Phi) is 3.08. The molecule has 0 atom stereocenters. The molecule has 0 aliphatic heterocycles. The maximum Gasteiger partial charge on any atom is 0.358 e. The van der Waals surface area contributed by atoms with Crippen LogP contribution in [0.4, 0.5) is 0 Å². The maximum atomic E-state index is 11.6. The average molecular weight is 277 g/mol. The quantitative estimate of drug-likeness (QED) is 0.790. The Labute approximate surface area is 95.5 Å². The summed E-state index contributed by atoms with van der Waals surface area (Å²) in [7, 11) is 1.53. The van der Waals surface area contributed by atoms with Gasteiger partial charge in [0.05, 0.1) is 0 Å². The molecule has 1 heterocycles. The fraction of sp³-hybridized carbons (Fsp3) is 0.556. The molecule has 1 rings (SSSR count). The van der Waals surface area contributed by atoms with Gasteiger partial charge in [0, 0.05) is 7.05 Å². The molecule has 0 spiro atoms. The molecule has 0 amide bonds. The van der Waals surface area contributed by atoms with E-state index in [4.69, 9.17) is 4.74 Å². The lowest BCUT2D eigenvalue weighted by Crippen LogP contribution is -2.24. The van der Waals surface area contributed by atoms with Gasteiger partial charge < -0.3 is 4.74 Å². The van der Waals surface area contributed by atoms with Crippen LogP contribution in [0.3, 0.4) is 0 Å². The first kappa shape index (κ1) is 12.0. The van der Waals surface area contributed by atoms with E-state index in [1.807, 2.05) is 0 Å². The summed E-state index contributed by atoms with van der Waals surface area (Å²) in [6.07, 6.45) is 0. The number of carbonyl (C=O) groups is 1. The fourth-order valence-electron chi connectivity index (χ4n) is 0.986. The molecule has 0 bridgehead atoms. The lowest BCUT2D eigenvalue weighted by molar-refractivity contribution is 0.00610. The van der Waals surface area contributed by atoms with Gasteiger partial charge in [-0.25, -0.2) is 4.79 Å². The molecule has 1 N–H and O–H groups in total. The van der Waals surface area contributed by atoms with Gasteiger partial charge in [0.15, 0.2) is 5.69 Å². The van der Waals surface area contributed by atoms with Crippen LogP contribution in [-0.2, 0) is 11.8 Å². The summed E-state index contributed by atoms with van der Waals surface area (Å²) in [5.41, 5.74) is -0.739. The van der Waals surface area contributed by atoms with Crippen molar-refractivity contribution in [3.8, 4) is 0 Å². The first-order chi connectivity index (χ1) is 6.72. The summed E-state index contributed by atoms with van der Waals surface area (Å²) in [5, 5.41) is 2.62. The Morgan fingerprint density at radius 2 is 2.00 bits per heavy atom. The summed E-state index contributed by atoms with van der Waals surface area (Å²) >= 11 is 3.04. The van der Waals surface area contributed by atoms with Crippen LogP contribution in [0.2, 0.25) is 0 Å². The van der Waals surface area contributed by atoms with Gasteiger partial charge in [-0.05, 0) is 36.7 Å². The van der Waals surface area contributed by atoms with Crippen LogP contribution in [0.5, 0.6) is 0 Å². The number of H-pyrrole nitrogens is 1. The van der Waals surface area contributed by atoms with Crippen LogP contribution < -0.4 is 5.56 Å². The predicted molar refractivity (Wildman–Crippen MR) is 58.9 cm³/mol. The molecule has 0 aromatic carbocycles. The van der Waals surface area contributed by atoms with E-state index in [1.54, 1.807) is 20.8 Å². The van der Waals surface area contributed by atoms with Gasteiger partial charge in [0.2, 0.25) is 0 Å². The van der Waals surface area contributed by atoms with E-state index in [0.29, 0.717) is 0 Å². The molecule has 15 heavy (non-hydrogen) atoms. The van der Waals surface area contributed by atoms with Crippen LogP contribution >= 0.6 is 15.9 Å². The average Bonchev–Trinajstić information content (AvgIpc) is 2.30. The maximum absolute atomic E-state index is 11.6. The Morgan fingerprint density at radius 3 is 2.33 bits per heavy atom. The summed E-state index contributed by atoms with van der Waals surface area (Å²) in [6.45, 7) is 5.29. The molecule has 0 radical (unpaired) electrons. The topological polar surface area (TPSA) is 64.1 Å². The summed E-state index contributed by atoms with van der Waals surface area (Å²) in [4.78, 5) is 22.9. The largest absolute Gasteiger partial charge is 0.455 e. The van der Waals surface area contributed by atoms with Crippen molar-refractivity contribution in [1.29, 1.82) is 0 Å². The van der Waals surface area contributed by atoms with Crippen molar-refractivity contribution < 1.29 is 9.53 Å². The highest BCUT2D eigenvalue weighted by molar-refractivity contribution is 9.10. The number of ether oxygens (including phenoxy) is 1. The molecular formula is C9H13BrN2O3.